The Labute approximate surface area is 109 Å². The van der Waals surface area contributed by atoms with E-state index in [2.05, 4.69) is 0 Å². The van der Waals surface area contributed by atoms with Crippen LogP contribution in [0, 0.1) is 11.6 Å². The Morgan fingerprint density at radius 3 is 2.72 bits per heavy atom. The highest BCUT2D eigenvalue weighted by Gasteiger charge is 2.19. The number of hydrogen-bond acceptors (Lipinski definition) is 2. The van der Waals surface area contributed by atoms with Gasteiger partial charge in [0.25, 0.3) is 5.91 Å². The number of rotatable bonds is 5. The average Bonchev–Trinajstić information content (AvgIpc) is 2.28. The Bertz CT molecular complexity index is 429. The van der Waals surface area contributed by atoms with E-state index in [1.807, 2.05) is 0 Å². The molecule has 1 atom stereocenters. The second-order valence-electron chi connectivity index (χ2n) is 3.86. The molecule has 0 saturated heterocycles. The molecule has 100 valence electrons. The monoisotopic (exact) mass is 277 g/mol. The summed E-state index contributed by atoms with van der Waals surface area (Å²) in [6.45, 7) is 0.496. The zero-order valence-corrected chi connectivity index (χ0v) is 10.9. The topological polar surface area (TPSA) is 29.5 Å². The lowest BCUT2D eigenvalue weighted by molar-refractivity contribution is 0.0777. The lowest BCUT2D eigenvalue weighted by Crippen LogP contribution is -2.34. The van der Waals surface area contributed by atoms with Crippen LogP contribution in [0.25, 0.3) is 0 Å². The van der Waals surface area contributed by atoms with Crippen LogP contribution in [0.4, 0.5) is 8.78 Å². The first-order valence-electron chi connectivity index (χ1n) is 5.29. The van der Waals surface area contributed by atoms with Crippen LogP contribution in [0.3, 0.4) is 0 Å². The standard InChI is InChI=1S/C12H14ClF2NO2/c1-16(6-8(13)7-18-2)12(17)10-4-3-9(14)5-11(10)15/h3-5,8H,6-7H2,1-2H3. The smallest absolute Gasteiger partial charge is 0.256 e. The molecule has 1 amide bonds. The largest absolute Gasteiger partial charge is 0.383 e. The molecule has 0 aromatic heterocycles. The highest BCUT2D eigenvalue weighted by molar-refractivity contribution is 6.21. The molecule has 0 aliphatic rings. The molecule has 0 radical (unpaired) electrons. The van der Waals surface area contributed by atoms with E-state index in [0.717, 1.165) is 12.1 Å². The Morgan fingerprint density at radius 2 is 2.17 bits per heavy atom. The third kappa shape index (κ3) is 3.92. The summed E-state index contributed by atoms with van der Waals surface area (Å²) in [5, 5.41) is -0.382. The van der Waals surface area contributed by atoms with E-state index in [0.29, 0.717) is 6.07 Å². The van der Waals surface area contributed by atoms with Gasteiger partial charge in [-0.3, -0.25) is 4.79 Å². The lowest BCUT2D eigenvalue weighted by atomic mass is 10.2. The van der Waals surface area contributed by atoms with Crippen molar-refractivity contribution in [1.29, 1.82) is 0 Å². The number of methoxy groups -OCH3 is 1. The molecule has 1 rings (SSSR count). The minimum Gasteiger partial charge on any atom is -0.383 e. The van der Waals surface area contributed by atoms with E-state index >= 15 is 0 Å². The van der Waals surface area contributed by atoms with Crippen LogP contribution in [0.5, 0.6) is 0 Å². The summed E-state index contributed by atoms with van der Waals surface area (Å²) in [5.74, 6) is -2.15. The highest BCUT2D eigenvalue weighted by atomic mass is 35.5. The summed E-state index contributed by atoms with van der Waals surface area (Å²) >= 11 is 5.90. The Balaban J connectivity index is 2.74. The fourth-order valence-corrected chi connectivity index (χ4v) is 1.82. The first kappa shape index (κ1) is 14.9. The molecule has 0 aliphatic heterocycles. The number of carbonyl (C=O) groups excluding carboxylic acids is 1. The molecule has 0 saturated carbocycles. The normalized spacial score (nSPS) is 12.3. The molecular formula is C12H14ClF2NO2. The van der Waals surface area contributed by atoms with Gasteiger partial charge < -0.3 is 9.64 Å². The number of halogens is 3. The zero-order valence-electron chi connectivity index (χ0n) is 10.1. The minimum atomic E-state index is -0.885. The third-order valence-corrected chi connectivity index (χ3v) is 2.59. The Hall–Kier alpha value is -1.20. The molecule has 3 nitrogen and oxygen atoms in total. The van der Waals surface area contributed by atoms with Crippen molar-refractivity contribution in [2.75, 3.05) is 27.3 Å². The zero-order chi connectivity index (χ0) is 13.7. The maximum Gasteiger partial charge on any atom is 0.256 e. The van der Waals surface area contributed by atoms with Gasteiger partial charge in [-0.2, -0.15) is 0 Å². The number of benzene rings is 1. The van der Waals surface area contributed by atoms with Crippen molar-refractivity contribution < 1.29 is 18.3 Å². The molecule has 0 aliphatic carbocycles. The van der Waals surface area contributed by atoms with E-state index in [-0.39, 0.29) is 24.1 Å². The average molecular weight is 278 g/mol. The second kappa shape index (κ2) is 6.66. The fraction of sp³-hybridized carbons (Fsp3) is 0.417. The second-order valence-corrected chi connectivity index (χ2v) is 4.48. The van der Waals surface area contributed by atoms with E-state index in [1.165, 1.54) is 19.1 Å². The third-order valence-electron chi connectivity index (χ3n) is 2.33. The van der Waals surface area contributed by atoms with Gasteiger partial charge in [-0.05, 0) is 12.1 Å². The van der Waals surface area contributed by atoms with Crippen LogP contribution < -0.4 is 0 Å². The van der Waals surface area contributed by atoms with Gasteiger partial charge in [0.1, 0.15) is 11.6 Å². The number of alkyl halides is 1. The van der Waals surface area contributed by atoms with Crippen molar-refractivity contribution >= 4 is 17.5 Å². The maximum absolute atomic E-state index is 13.4. The molecule has 1 aromatic carbocycles. The van der Waals surface area contributed by atoms with Crippen LogP contribution in [-0.2, 0) is 4.74 Å². The number of amides is 1. The van der Waals surface area contributed by atoms with Gasteiger partial charge in [-0.15, -0.1) is 11.6 Å². The van der Waals surface area contributed by atoms with Gasteiger partial charge in [0.2, 0.25) is 0 Å². The molecule has 0 spiro atoms. The fourth-order valence-electron chi connectivity index (χ4n) is 1.48. The molecule has 1 aromatic rings. The lowest BCUT2D eigenvalue weighted by Gasteiger charge is -2.20. The maximum atomic E-state index is 13.4. The van der Waals surface area contributed by atoms with Crippen LogP contribution in [0.2, 0.25) is 0 Å². The molecule has 0 fully saturated rings. The van der Waals surface area contributed by atoms with E-state index in [4.69, 9.17) is 16.3 Å². The van der Waals surface area contributed by atoms with Crippen molar-refractivity contribution in [2.45, 2.75) is 5.38 Å². The summed E-state index contributed by atoms with van der Waals surface area (Å²) in [6, 6.07) is 2.83. The predicted molar refractivity (Wildman–Crippen MR) is 64.8 cm³/mol. The minimum absolute atomic E-state index is 0.180. The van der Waals surface area contributed by atoms with Crippen LogP contribution in [-0.4, -0.2) is 43.5 Å². The summed E-state index contributed by atoms with van der Waals surface area (Å²) in [5.41, 5.74) is -0.180. The molecule has 0 heterocycles. The molecule has 0 N–H and O–H groups in total. The Kier molecular flexibility index (Phi) is 5.50. The van der Waals surface area contributed by atoms with Crippen LogP contribution >= 0.6 is 11.6 Å². The summed E-state index contributed by atoms with van der Waals surface area (Å²) in [7, 11) is 2.99. The van der Waals surface area contributed by atoms with Crippen molar-refractivity contribution in [3.63, 3.8) is 0 Å². The van der Waals surface area contributed by atoms with Gasteiger partial charge in [-0.25, -0.2) is 8.78 Å². The molecule has 6 heteroatoms. The van der Waals surface area contributed by atoms with Crippen molar-refractivity contribution in [1.82, 2.24) is 4.90 Å². The van der Waals surface area contributed by atoms with Gasteiger partial charge in [-0.1, -0.05) is 0 Å². The van der Waals surface area contributed by atoms with Gasteiger partial charge in [0, 0.05) is 26.8 Å². The molecule has 1 unspecified atom stereocenters. The van der Waals surface area contributed by atoms with E-state index in [9.17, 15) is 13.6 Å². The quantitative estimate of drug-likeness (QED) is 0.773. The van der Waals surface area contributed by atoms with Gasteiger partial charge in [0.05, 0.1) is 17.5 Å². The highest BCUT2D eigenvalue weighted by Crippen LogP contribution is 2.12. The predicted octanol–water partition coefficient (Wildman–Crippen LogP) is 2.29. The van der Waals surface area contributed by atoms with E-state index in [1.54, 1.807) is 0 Å². The SMILES string of the molecule is COCC(Cl)CN(C)C(=O)c1ccc(F)cc1F. The Morgan fingerprint density at radius 1 is 1.50 bits per heavy atom. The van der Waals surface area contributed by atoms with Gasteiger partial charge in [0.15, 0.2) is 0 Å². The summed E-state index contributed by atoms with van der Waals surface area (Å²) in [6.07, 6.45) is 0. The summed E-state index contributed by atoms with van der Waals surface area (Å²) < 4.78 is 31.0. The van der Waals surface area contributed by atoms with Crippen molar-refractivity contribution in [2.24, 2.45) is 0 Å². The molecular weight excluding hydrogens is 264 g/mol. The number of ether oxygens (including phenoxy) is 1. The summed E-state index contributed by atoms with van der Waals surface area (Å²) in [4.78, 5) is 13.2. The first-order chi connectivity index (χ1) is 8.45. The van der Waals surface area contributed by atoms with Gasteiger partial charge >= 0.3 is 0 Å². The van der Waals surface area contributed by atoms with E-state index < -0.39 is 17.5 Å². The number of nitrogens with zero attached hydrogens (tertiary/aromatic N) is 1. The van der Waals surface area contributed by atoms with Crippen LogP contribution in [0.1, 0.15) is 10.4 Å². The number of carbonyl (C=O) groups is 1. The first-order valence-corrected chi connectivity index (χ1v) is 5.73. The number of hydrogen-bond donors (Lipinski definition) is 0. The van der Waals surface area contributed by atoms with Crippen molar-refractivity contribution in [3.8, 4) is 0 Å². The van der Waals surface area contributed by atoms with Crippen molar-refractivity contribution in [3.05, 3.63) is 35.4 Å². The van der Waals surface area contributed by atoms with Crippen LogP contribution in [0.15, 0.2) is 18.2 Å². The molecule has 18 heavy (non-hydrogen) atoms. The molecule has 0 bridgehead atoms.